The molecule has 1 saturated heterocycles. The second-order valence-electron chi connectivity index (χ2n) is 6.78. The van der Waals surface area contributed by atoms with E-state index in [2.05, 4.69) is 17.9 Å². The van der Waals surface area contributed by atoms with Crippen molar-refractivity contribution in [3.8, 4) is 0 Å². The van der Waals surface area contributed by atoms with Gasteiger partial charge in [-0.25, -0.2) is 0 Å². The Bertz CT molecular complexity index is 738. The lowest BCUT2D eigenvalue weighted by Gasteiger charge is -2.31. The van der Waals surface area contributed by atoms with Crippen LogP contribution in [0.15, 0.2) is 24.3 Å². The maximum absolute atomic E-state index is 13.2. The summed E-state index contributed by atoms with van der Waals surface area (Å²) in [7, 11) is 0. The fourth-order valence-corrected chi connectivity index (χ4v) is 3.99. The summed E-state index contributed by atoms with van der Waals surface area (Å²) in [5, 5.41) is 1.03. The Hall–Kier alpha value is -1.90. The van der Waals surface area contributed by atoms with Crippen LogP contribution in [0.2, 0.25) is 0 Å². The van der Waals surface area contributed by atoms with Gasteiger partial charge in [-0.05, 0) is 49.7 Å². The summed E-state index contributed by atoms with van der Waals surface area (Å²) in [6.45, 7) is 4.04. The Kier molecular flexibility index (Phi) is 3.36. The summed E-state index contributed by atoms with van der Waals surface area (Å²) in [6, 6.07) is 8.11. The molecule has 0 N–H and O–H groups in total. The first-order valence-corrected chi connectivity index (χ1v) is 8.44. The van der Waals surface area contributed by atoms with Crippen molar-refractivity contribution in [2.24, 2.45) is 5.92 Å². The van der Waals surface area contributed by atoms with Crippen LogP contribution in [0, 0.1) is 5.92 Å². The summed E-state index contributed by atoms with van der Waals surface area (Å²) in [4.78, 5) is 20.1. The molecule has 1 aromatic carbocycles. The number of fused-ring (bicyclic) bond motifs is 2. The average molecular weight is 294 g/mol. The number of pyridine rings is 1. The van der Waals surface area contributed by atoms with E-state index >= 15 is 0 Å². The number of likely N-dealkylation sites (tertiary alicyclic amines) is 1. The molecule has 4 rings (SSSR count). The largest absolute Gasteiger partial charge is 0.338 e. The third kappa shape index (κ3) is 2.20. The van der Waals surface area contributed by atoms with Crippen molar-refractivity contribution in [2.45, 2.75) is 39.0 Å². The Balaban J connectivity index is 1.84. The van der Waals surface area contributed by atoms with Gasteiger partial charge in [0, 0.05) is 24.2 Å². The van der Waals surface area contributed by atoms with Crippen molar-refractivity contribution in [3.05, 3.63) is 41.1 Å². The van der Waals surface area contributed by atoms with E-state index in [4.69, 9.17) is 4.98 Å². The van der Waals surface area contributed by atoms with E-state index in [0.717, 1.165) is 60.9 Å². The first-order valence-electron chi connectivity index (χ1n) is 8.44. The van der Waals surface area contributed by atoms with Crippen molar-refractivity contribution >= 4 is 16.8 Å². The van der Waals surface area contributed by atoms with Gasteiger partial charge in [0.05, 0.1) is 11.1 Å². The van der Waals surface area contributed by atoms with Crippen molar-refractivity contribution in [3.63, 3.8) is 0 Å². The first-order chi connectivity index (χ1) is 10.7. The summed E-state index contributed by atoms with van der Waals surface area (Å²) >= 11 is 0. The van der Waals surface area contributed by atoms with Gasteiger partial charge in [0.1, 0.15) is 0 Å². The maximum Gasteiger partial charge on any atom is 0.254 e. The Morgan fingerprint density at radius 1 is 1.23 bits per heavy atom. The first kappa shape index (κ1) is 13.7. The van der Waals surface area contributed by atoms with Gasteiger partial charge in [0.25, 0.3) is 5.91 Å². The minimum absolute atomic E-state index is 0.225. The maximum atomic E-state index is 13.2. The number of piperidine rings is 1. The van der Waals surface area contributed by atoms with Crippen LogP contribution in [0.4, 0.5) is 0 Å². The smallest absolute Gasteiger partial charge is 0.254 e. The van der Waals surface area contributed by atoms with E-state index in [9.17, 15) is 4.79 Å². The van der Waals surface area contributed by atoms with Crippen molar-refractivity contribution < 1.29 is 4.79 Å². The molecule has 22 heavy (non-hydrogen) atoms. The SMILES string of the molecule is CC1CCCN(C(=O)c2c3c(nc4ccccc24)CCC3)C1. The zero-order valence-corrected chi connectivity index (χ0v) is 13.1. The normalized spacial score (nSPS) is 21.1. The Morgan fingerprint density at radius 2 is 2.09 bits per heavy atom. The summed E-state index contributed by atoms with van der Waals surface area (Å²) in [5.41, 5.74) is 4.26. The lowest BCUT2D eigenvalue weighted by Crippen LogP contribution is -2.39. The number of amides is 1. The zero-order chi connectivity index (χ0) is 15.1. The molecule has 114 valence electrons. The zero-order valence-electron chi connectivity index (χ0n) is 13.1. The highest BCUT2D eigenvalue weighted by Gasteiger charge is 2.28. The van der Waals surface area contributed by atoms with Crippen molar-refractivity contribution in [2.75, 3.05) is 13.1 Å². The van der Waals surface area contributed by atoms with E-state index in [1.165, 1.54) is 12.0 Å². The lowest BCUT2D eigenvalue weighted by atomic mass is 9.96. The van der Waals surface area contributed by atoms with E-state index in [1.807, 2.05) is 18.2 Å². The standard InChI is InChI=1S/C19H22N2O/c1-13-6-5-11-21(12-13)19(22)18-14-7-2-3-9-16(14)20-17-10-4-8-15(17)18/h2-3,7,9,13H,4-6,8,10-12H2,1H3. The minimum Gasteiger partial charge on any atom is -0.338 e. The molecule has 1 atom stereocenters. The highest BCUT2D eigenvalue weighted by Crippen LogP contribution is 2.31. The number of para-hydroxylation sites is 1. The molecule has 0 spiro atoms. The van der Waals surface area contributed by atoms with Crippen LogP contribution in [-0.2, 0) is 12.8 Å². The van der Waals surface area contributed by atoms with Crippen LogP contribution in [-0.4, -0.2) is 28.9 Å². The highest BCUT2D eigenvalue weighted by molar-refractivity contribution is 6.07. The van der Waals surface area contributed by atoms with E-state index < -0.39 is 0 Å². The lowest BCUT2D eigenvalue weighted by molar-refractivity contribution is 0.0684. The molecule has 1 amide bonds. The molecule has 1 fully saturated rings. The highest BCUT2D eigenvalue weighted by atomic mass is 16.2. The Labute approximate surface area is 131 Å². The topological polar surface area (TPSA) is 33.2 Å². The summed E-state index contributed by atoms with van der Waals surface area (Å²) < 4.78 is 0. The van der Waals surface area contributed by atoms with E-state index in [0.29, 0.717) is 5.92 Å². The monoisotopic (exact) mass is 294 g/mol. The van der Waals surface area contributed by atoms with Crippen LogP contribution in [0.1, 0.15) is 47.8 Å². The molecule has 1 unspecified atom stereocenters. The molecule has 1 aromatic heterocycles. The number of benzene rings is 1. The number of aryl methyl sites for hydroxylation is 1. The van der Waals surface area contributed by atoms with Gasteiger partial charge in [-0.15, -0.1) is 0 Å². The molecule has 2 aromatic rings. The molecule has 0 bridgehead atoms. The van der Waals surface area contributed by atoms with Crippen LogP contribution in [0.25, 0.3) is 10.9 Å². The number of aromatic nitrogens is 1. The van der Waals surface area contributed by atoms with E-state index in [1.54, 1.807) is 0 Å². The van der Waals surface area contributed by atoms with Crippen LogP contribution >= 0.6 is 0 Å². The number of carbonyl (C=O) groups excluding carboxylic acids is 1. The van der Waals surface area contributed by atoms with Gasteiger partial charge in [0.15, 0.2) is 0 Å². The second kappa shape index (κ2) is 5.38. The predicted molar refractivity (Wildman–Crippen MR) is 88.1 cm³/mol. The number of nitrogens with zero attached hydrogens (tertiary/aromatic N) is 2. The molecular weight excluding hydrogens is 272 g/mol. The van der Waals surface area contributed by atoms with Crippen molar-refractivity contribution in [1.82, 2.24) is 9.88 Å². The van der Waals surface area contributed by atoms with Gasteiger partial charge in [0.2, 0.25) is 0 Å². The molecule has 1 aliphatic carbocycles. The van der Waals surface area contributed by atoms with Crippen LogP contribution < -0.4 is 0 Å². The van der Waals surface area contributed by atoms with Gasteiger partial charge < -0.3 is 4.90 Å². The minimum atomic E-state index is 0.225. The molecule has 3 heteroatoms. The van der Waals surface area contributed by atoms with Gasteiger partial charge in [-0.1, -0.05) is 25.1 Å². The molecule has 2 aliphatic rings. The molecule has 2 heterocycles. The molecule has 3 nitrogen and oxygen atoms in total. The predicted octanol–water partition coefficient (Wildman–Crippen LogP) is 3.60. The van der Waals surface area contributed by atoms with Gasteiger partial charge >= 0.3 is 0 Å². The van der Waals surface area contributed by atoms with Crippen LogP contribution in [0.5, 0.6) is 0 Å². The van der Waals surface area contributed by atoms with Gasteiger partial charge in [-0.3, -0.25) is 9.78 Å². The number of carbonyl (C=O) groups is 1. The fraction of sp³-hybridized carbons (Fsp3) is 0.474. The fourth-order valence-electron chi connectivity index (χ4n) is 3.99. The molecule has 0 radical (unpaired) electrons. The van der Waals surface area contributed by atoms with Crippen LogP contribution in [0.3, 0.4) is 0 Å². The van der Waals surface area contributed by atoms with Crippen molar-refractivity contribution in [1.29, 1.82) is 0 Å². The number of rotatable bonds is 1. The molecule has 1 aliphatic heterocycles. The third-order valence-electron chi connectivity index (χ3n) is 5.08. The summed E-state index contributed by atoms with van der Waals surface area (Å²) in [6.07, 6.45) is 5.49. The average Bonchev–Trinajstić information content (AvgIpc) is 2.99. The van der Waals surface area contributed by atoms with Gasteiger partial charge in [-0.2, -0.15) is 0 Å². The number of hydrogen-bond donors (Lipinski definition) is 0. The summed E-state index contributed by atoms with van der Waals surface area (Å²) in [5.74, 6) is 0.835. The molecule has 0 saturated carbocycles. The Morgan fingerprint density at radius 3 is 2.95 bits per heavy atom. The third-order valence-corrected chi connectivity index (χ3v) is 5.08. The quantitative estimate of drug-likeness (QED) is 0.805. The number of hydrogen-bond acceptors (Lipinski definition) is 2. The second-order valence-corrected chi connectivity index (χ2v) is 6.78. The molecular formula is C19H22N2O. The van der Waals surface area contributed by atoms with E-state index in [-0.39, 0.29) is 5.91 Å².